The van der Waals surface area contributed by atoms with E-state index >= 15 is 0 Å². The number of halogens is 1. The Morgan fingerprint density at radius 2 is 1.74 bits per heavy atom. The number of benzene rings is 2. The second kappa shape index (κ2) is 10.0. The van der Waals surface area contributed by atoms with Crippen LogP contribution >= 0.6 is 23.0 Å². The number of hydrogen-bond acceptors (Lipinski definition) is 4. The first-order valence-corrected chi connectivity index (χ1v) is 8.00. The molecule has 0 amide bonds. The lowest BCUT2D eigenvalue weighted by Crippen LogP contribution is -1.94. The minimum Gasteiger partial charge on any atom is -0.490 e. The van der Waals surface area contributed by atoms with Gasteiger partial charge in [0.1, 0.15) is 12.4 Å². The van der Waals surface area contributed by atoms with Gasteiger partial charge in [-0.2, -0.15) is 0 Å². The highest BCUT2D eigenvalue weighted by molar-refractivity contribution is 14.1. The van der Waals surface area contributed by atoms with Crippen LogP contribution in [0, 0.1) is 0 Å². The Labute approximate surface area is 150 Å². The quantitative estimate of drug-likeness (QED) is 0.269. The summed E-state index contributed by atoms with van der Waals surface area (Å²) in [5, 5.41) is 3.83. The summed E-state index contributed by atoms with van der Waals surface area (Å²) in [6, 6.07) is 16.0. The molecule has 2 aromatic rings. The number of oxime groups is 1. The third kappa shape index (κ3) is 5.69. The normalized spacial score (nSPS) is 11.2. The molecule has 0 fully saturated rings. The summed E-state index contributed by atoms with van der Waals surface area (Å²) >= 11 is 1.74. The van der Waals surface area contributed by atoms with Gasteiger partial charge < -0.3 is 12.6 Å². The van der Waals surface area contributed by atoms with E-state index in [1.807, 2.05) is 54.6 Å². The summed E-state index contributed by atoms with van der Waals surface area (Å²) in [7, 11) is 1.67. The van der Waals surface area contributed by atoms with E-state index in [2.05, 4.69) is 11.2 Å². The predicted molar refractivity (Wildman–Crippen MR) is 101 cm³/mol. The fourth-order valence-corrected chi connectivity index (χ4v) is 2.17. The lowest BCUT2D eigenvalue weighted by Gasteiger charge is -2.08. The van der Waals surface area contributed by atoms with Crippen molar-refractivity contribution < 1.29 is 12.6 Å². The Balaban J connectivity index is 2.06. The van der Waals surface area contributed by atoms with Gasteiger partial charge in [-0.05, 0) is 29.3 Å². The molecule has 0 N–H and O–H groups in total. The summed E-state index contributed by atoms with van der Waals surface area (Å²) in [6.07, 6.45) is 5.57. The van der Waals surface area contributed by atoms with Gasteiger partial charge in [0.25, 0.3) is 0 Å². The van der Waals surface area contributed by atoms with Gasteiger partial charge in [-0.15, -0.1) is 0 Å². The molecule has 5 heteroatoms. The van der Waals surface area contributed by atoms with E-state index < -0.39 is 0 Å². The van der Waals surface area contributed by atoms with Crippen molar-refractivity contribution in [2.24, 2.45) is 5.16 Å². The molecule has 2 aromatic carbocycles. The van der Waals surface area contributed by atoms with Gasteiger partial charge in [0, 0.05) is 12.7 Å². The monoisotopic (exact) mass is 423 g/mol. The molecule has 0 unspecified atom stereocenters. The van der Waals surface area contributed by atoms with Crippen LogP contribution in [-0.4, -0.2) is 26.5 Å². The molecule has 0 bridgehead atoms. The molecule has 0 atom stereocenters. The lowest BCUT2D eigenvalue weighted by atomic mass is 10.0. The van der Waals surface area contributed by atoms with Gasteiger partial charge >= 0.3 is 0 Å². The van der Waals surface area contributed by atoms with Crippen molar-refractivity contribution in [2.75, 3.05) is 20.3 Å². The molecule has 0 aliphatic rings. The summed E-state index contributed by atoms with van der Waals surface area (Å²) < 4.78 is 15.3. The minimum absolute atomic E-state index is 0.527. The van der Waals surface area contributed by atoms with E-state index in [4.69, 9.17) is 12.6 Å². The minimum atomic E-state index is 0.527. The summed E-state index contributed by atoms with van der Waals surface area (Å²) in [6.45, 7) is 1.13. The van der Waals surface area contributed by atoms with Crippen molar-refractivity contribution in [3.05, 3.63) is 66.2 Å². The Morgan fingerprint density at radius 1 is 1.00 bits per heavy atom. The standard InChI is InChI=1S/C18H18INO3/c1-21-12-4-5-13-22-17-10-8-15(9-11-17)18-7-3-2-6-16(18)14-20-23-19/h2-11,14H,12-13H2,1H3/b5-4+,20-14+. The van der Waals surface area contributed by atoms with Crippen molar-refractivity contribution in [2.45, 2.75) is 0 Å². The molecule has 4 nitrogen and oxygen atoms in total. The topological polar surface area (TPSA) is 40.0 Å². The Kier molecular flexibility index (Phi) is 7.62. The second-order valence-corrected chi connectivity index (χ2v) is 5.05. The summed E-state index contributed by atoms with van der Waals surface area (Å²) in [4.78, 5) is 0. The van der Waals surface area contributed by atoms with Crippen molar-refractivity contribution in [3.63, 3.8) is 0 Å². The van der Waals surface area contributed by atoms with E-state index in [9.17, 15) is 0 Å². The van der Waals surface area contributed by atoms with Crippen LogP contribution in [0.1, 0.15) is 5.56 Å². The second-order valence-electron chi connectivity index (χ2n) is 4.65. The molecule has 0 spiro atoms. The van der Waals surface area contributed by atoms with Crippen LogP contribution in [0.25, 0.3) is 11.1 Å². The number of ether oxygens (including phenoxy) is 2. The summed E-state index contributed by atoms with van der Waals surface area (Å²) in [5.41, 5.74) is 3.19. The van der Waals surface area contributed by atoms with Crippen LogP contribution < -0.4 is 4.74 Å². The molecule has 23 heavy (non-hydrogen) atoms. The van der Waals surface area contributed by atoms with E-state index in [1.54, 1.807) is 36.3 Å². The molecule has 0 saturated heterocycles. The molecular weight excluding hydrogens is 405 g/mol. The highest BCUT2D eigenvalue weighted by Gasteiger charge is 2.03. The van der Waals surface area contributed by atoms with E-state index in [-0.39, 0.29) is 0 Å². The van der Waals surface area contributed by atoms with E-state index in [0.29, 0.717) is 13.2 Å². The molecule has 2 rings (SSSR count). The smallest absolute Gasteiger partial charge is 0.230 e. The third-order valence-electron chi connectivity index (χ3n) is 3.13. The molecule has 120 valence electrons. The number of hydrogen-bond donors (Lipinski definition) is 0. The van der Waals surface area contributed by atoms with Crippen molar-refractivity contribution >= 4 is 29.2 Å². The van der Waals surface area contributed by atoms with Crippen molar-refractivity contribution in [1.82, 2.24) is 0 Å². The van der Waals surface area contributed by atoms with Crippen LogP contribution in [-0.2, 0) is 7.90 Å². The van der Waals surface area contributed by atoms with Crippen LogP contribution in [0.5, 0.6) is 5.75 Å². The van der Waals surface area contributed by atoms with Crippen LogP contribution in [0.15, 0.2) is 65.8 Å². The zero-order valence-corrected chi connectivity index (χ0v) is 15.0. The molecule has 0 saturated carbocycles. The highest BCUT2D eigenvalue weighted by Crippen LogP contribution is 2.25. The zero-order valence-electron chi connectivity index (χ0n) is 12.8. The summed E-state index contributed by atoms with van der Waals surface area (Å²) in [5.74, 6) is 0.831. The Hall–Kier alpha value is -1.86. The van der Waals surface area contributed by atoms with E-state index in [1.165, 1.54) is 0 Å². The fourth-order valence-electron chi connectivity index (χ4n) is 2.06. The highest BCUT2D eigenvalue weighted by atomic mass is 127. The van der Waals surface area contributed by atoms with Gasteiger partial charge in [-0.25, -0.2) is 0 Å². The maximum absolute atomic E-state index is 5.65. The number of nitrogens with zero attached hydrogens (tertiary/aromatic N) is 1. The Bertz CT molecular complexity index is 654. The fraction of sp³-hybridized carbons (Fsp3) is 0.167. The first-order chi connectivity index (χ1) is 11.3. The average Bonchev–Trinajstić information content (AvgIpc) is 2.61. The number of methoxy groups -OCH3 is 1. The van der Waals surface area contributed by atoms with Crippen molar-refractivity contribution in [3.8, 4) is 16.9 Å². The van der Waals surface area contributed by atoms with Crippen molar-refractivity contribution in [1.29, 1.82) is 0 Å². The van der Waals surface area contributed by atoms with Crippen LogP contribution in [0.2, 0.25) is 0 Å². The molecule has 0 aliphatic carbocycles. The average molecular weight is 423 g/mol. The SMILES string of the molecule is COC/C=C/COc1ccc(-c2ccccc2/C=N/OI)cc1. The van der Waals surface area contributed by atoms with Gasteiger partial charge in [0.05, 0.1) is 12.8 Å². The zero-order chi connectivity index (χ0) is 16.3. The lowest BCUT2D eigenvalue weighted by molar-refractivity contribution is 0.233. The van der Waals surface area contributed by atoms with Gasteiger partial charge in [0.2, 0.25) is 23.0 Å². The third-order valence-corrected chi connectivity index (χ3v) is 3.36. The van der Waals surface area contributed by atoms with Crippen LogP contribution in [0.3, 0.4) is 0 Å². The maximum atomic E-state index is 5.65. The molecule has 0 radical (unpaired) electrons. The van der Waals surface area contributed by atoms with Gasteiger partial charge in [-0.1, -0.05) is 47.6 Å². The van der Waals surface area contributed by atoms with E-state index in [0.717, 1.165) is 22.4 Å². The number of rotatable bonds is 8. The largest absolute Gasteiger partial charge is 0.490 e. The first-order valence-electron chi connectivity index (χ1n) is 7.12. The molecule has 0 aromatic heterocycles. The molecular formula is C18H18INO3. The molecule has 0 aliphatic heterocycles. The van der Waals surface area contributed by atoms with Gasteiger partial charge in [-0.3, -0.25) is 0 Å². The Morgan fingerprint density at radius 3 is 2.48 bits per heavy atom. The molecule has 0 heterocycles. The maximum Gasteiger partial charge on any atom is 0.230 e. The van der Waals surface area contributed by atoms with Crippen LogP contribution in [0.4, 0.5) is 0 Å². The predicted octanol–water partition coefficient (Wildman–Crippen LogP) is 4.64. The van der Waals surface area contributed by atoms with Gasteiger partial charge in [0.15, 0.2) is 0 Å². The first kappa shape index (κ1) is 17.5.